The van der Waals surface area contributed by atoms with Crippen LogP contribution in [0.1, 0.15) is 110 Å². The van der Waals surface area contributed by atoms with E-state index in [2.05, 4.69) is 279 Å². The molecule has 4 heterocycles. The minimum Gasteiger partial charge on any atom is -0.455 e. The van der Waals surface area contributed by atoms with E-state index in [4.69, 9.17) is 4.42 Å². The number of anilines is 6. The van der Waals surface area contributed by atoms with Gasteiger partial charge in [-0.2, -0.15) is 0 Å². The summed E-state index contributed by atoms with van der Waals surface area (Å²) >= 11 is 0. The van der Waals surface area contributed by atoms with Gasteiger partial charge in [-0.25, -0.2) is 0 Å². The number of para-hydroxylation sites is 1. The van der Waals surface area contributed by atoms with Crippen LogP contribution in [0.25, 0.3) is 66.4 Å². The smallest absolute Gasteiger partial charge is 0.333 e. The molecule has 0 amide bonds. The highest BCUT2D eigenvalue weighted by Crippen LogP contribution is 2.60. The van der Waals surface area contributed by atoms with Crippen LogP contribution in [0.4, 0.5) is 34.1 Å². The van der Waals surface area contributed by atoms with Gasteiger partial charge in [-0.05, 0) is 128 Å². The van der Waals surface area contributed by atoms with Gasteiger partial charge in [0.1, 0.15) is 11.2 Å². The molecule has 0 atom stereocenters. The second-order valence-electron chi connectivity index (χ2n) is 25.9. The predicted octanol–water partition coefficient (Wildman–Crippen LogP) is 18.6. The topological polar surface area (TPSA) is 24.6 Å². The van der Waals surface area contributed by atoms with Crippen molar-refractivity contribution in [2.24, 2.45) is 0 Å². The summed E-state index contributed by atoms with van der Waals surface area (Å²) in [4.78, 5) is 5.16. The molecule has 5 heteroatoms. The molecule has 2 aliphatic heterocycles. The van der Waals surface area contributed by atoms with Gasteiger partial charge in [0.15, 0.2) is 0 Å². The summed E-state index contributed by atoms with van der Waals surface area (Å²) in [5.41, 5.74) is 27.4. The molecule has 11 aromatic rings. The number of fused-ring (bicyclic) bond motifs is 13. The Bertz CT molecular complexity index is 4190. The van der Waals surface area contributed by atoms with Crippen molar-refractivity contribution in [3.8, 4) is 33.5 Å². The summed E-state index contributed by atoms with van der Waals surface area (Å²) in [5, 5.41) is 3.52. The Morgan fingerprint density at radius 2 is 1.14 bits per heavy atom. The van der Waals surface area contributed by atoms with Crippen molar-refractivity contribution in [2.45, 2.75) is 105 Å². The minimum absolute atomic E-state index is 0.00773. The van der Waals surface area contributed by atoms with Crippen molar-refractivity contribution in [2.75, 3.05) is 9.80 Å². The lowest BCUT2D eigenvalue weighted by Crippen LogP contribution is -2.57. The van der Waals surface area contributed by atoms with Crippen LogP contribution in [-0.4, -0.2) is 11.3 Å². The number of nitrogens with zero attached hydrogens (tertiary/aromatic N) is 3. The van der Waals surface area contributed by atoms with Gasteiger partial charge in [0.2, 0.25) is 0 Å². The van der Waals surface area contributed by atoms with Gasteiger partial charge in [0.05, 0.1) is 11.4 Å². The molecule has 0 radical (unpaired) electrons. The van der Waals surface area contributed by atoms with E-state index >= 15 is 0 Å². The first-order chi connectivity index (χ1) is 36.8. The maximum absolute atomic E-state index is 7.30. The SMILES string of the molecule is Cc1ccc(N2c3cc(C(C)(C)C)ccc3B3c4c2cc2c(oc5ccccc52)c4-c2ccc(N(c4ccc(C(C)(C)C)cc4)c4ccc(C(C)(C)C)cc4)c4c5c(n3c24)-c2ccccc2C5(C)C)c(-c2ccccc2)c1. The lowest BCUT2D eigenvalue weighted by Gasteiger charge is -2.42. The number of furan rings is 1. The molecule has 2 aromatic heterocycles. The number of aromatic nitrogens is 1. The van der Waals surface area contributed by atoms with Crippen LogP contribution in [-0.2, 0) is 21.7 Å². The summed E-state index contributed by atoms with van der Waals surface area (Å²) in [6.45, 7) is 27.8. The van der Waals surface area contributed by atoms with Gasteiger partial charge in [0, 0.05) is 77.8 Å². The molecule has 0 spiro atoms. The number of hydrogen-bond acceptors (Lipinski definition) is 3. The van der Waals surface area contributed by atoms with Crippen LogP contribution in [0.15, 0.2) is 186 Å². The monoisotopic (exact) mass is 1000 g/mol. The Labute approximate surface area is 454 Å². The molecule has 77 heavy (non-hydrogen) atoms. The molecule has 0 saturated carbocycles. The number of benzene rings is 9. The second-order valence-corrected chi connectivity index (χ2v) is 25.9. The van der Waals surface area contributed by atoms with Crippen molar-refractivity contribution in [3.05, 3.63) is 215 Å². The van der Waals surface area contributed by atoms with Gasteiger partial charge in [-0.1, -0.05) is 203 Å². The molecule has 3 aliphatic rings. The lowest BCUT2D eigenvalue weighted by atomic mass is 9.44. The average Bonchev–Trinajstić information content (AvgIpc) is 4.02. The predicted molar refractivity (Wildman–Crippen MR) is 328 cm³/mol. The number of hydrogen-bond donors (Lipinski definition) is 0. The molecule has 0 N–H and O–H groups in total. The maximum Gasteiger partial charge on any atom is 0.333 e. The van der Waals surface area contributed by atoms with Gasteiger partial charge in [0.25, 0.3) is 0 Å². The van der Waals surface area contributed by atoms with E-state index in [1.165, 1.54) is 106 Å². The van der Waals surface area contributed by atoms with Crippen molar-refractivity contribution in [1.29, 1.82) is 0 Å². The first-order valence-corrected chi connectivity index (χ1v) is 27.7. The molecule has 14 rings (SSSR count). The van der Waals surface area contributed by atoms with Crippen LogP contribution in [0.3, 0.4) is 0 Å². The van der Waals surface area contributed by atoms with E-state index in [0.717, 1.165) is 39.0 Å². The Morgan fingerprint density at radius 3 is 1.82 bits per heavy atom. The quantitative estimate of drug-likeness (QED) is 0.161. The van der Waals surface area contributed by atoms with Crippen LogP contribution in [0, 0.1) is 6.92 Å². The van der Waals surface area contributed by atoms with E-state index in [1.807, 2.05) is 0 Å². The van der Waals surface area contributed by atoms with Gasteiger partial charge in [-0.15, -0.1) is 0 Å². The third-order valence-electron chi connectivity index (χ3n) is 17.5. The van der Waals surface area contributed by atoms with Gasteiger partial charge < -0.3 is 18.7 Å². The summed E-state index contributed by atoms with van der Waals surface area (Å²) in [7, 11) is 0. The van der Waals surface area contributed by atoms with Crippen LogP contribution < -0.4 is 20.7 Å². The lowest BCUT2D eigenvalue weighted by molar-refractivity contribution is 0.590. The molecule has 4 nitrogen and oxygen atoms in total. The molecule has 9 aromatic carbocycles. The molecule has 1 aliphatic carbocycles. The minimum atomic E-state index is -0.346. The van der Waals surface area contributed by atoms with E-state index in [9.17, 15) is 0 Å². The van der Waals surface area contributed by atoms with Crippen molar-refractivity contribution < 1.29 is 4.42 Å². The molecular formula is C72H66BN3O. The molecule has 0 bridgehead atoms. The van der Waals surface area contributed by atoms with Crippen molar-refractivity contribution in [3.63, 3.8) is 0 Å². The second kappa shape index (κ2) is 16.3. The van der Waals surface area contributed by atoms with Crippen LogP contribution >= 0.6 is 0 Å². The van der Waals surface area contributed by atoms with E-state index < -0.39 is 0 Å². The zero-order valence-corrected chi connectivity index (χ0v) is 46.6. The van der Waals surface area contributed by atoms with E-state index in [0.29, 0.717) is 0 Å². The fourth-order valence-electron chi connectivity index (χ4n) is 13.5. The first-order valence-electron chi connectivity index (χ1n) is 27.7. The number of aryl methyl sites for hydroxylation is 1. The van der Waals surface area contributed by atoms with Gasteiger partial charge in [-0.3, -0.25) is 0 Å². The summed E-state index contributed by atoms with van der Waals surface area (Å²) in [6.07, 6.45) is 0. The highest BCUT2D eigenvalue weighted by molar-refractivity contribution is 6.90. The molecular weight excluding hydrogens is 934 g/mol. The molecule has 0 unspecified atom stereocenters. The summed E-state index contributed by atoms with van der Waals surface area (Å²) < 4.78 is 10.1. The van der Waals surface area contributed by atoms with E-state index in [1.54, 1.807) is 0 Å². The van der Waals surface area contributed by atoms with Crippen molar-refractivity contribution >= 4 is 84.7 Å². The molecule has 0 saturated heterocycles. The highest BCUT2D eigenvalue weighted by Gasteiger charge is 2.50. The average molecular weight is 1000 g/mol. The normalized spacial score (nSPS) is 14.3. The fraction of sp³-hybridized carbons (Fsp3) is 0.222. The Morgan fingerprint density at radius 1 is 0.519 bits per heavy atom. The Hall–Kier alpha value is -8.02. The highest BCUT2D eigenvalue weighted by atomic mass is 16.3. The Balaban J connectivity index is 1.16. The molecule has 378 valence electrons. The maximum atomic E-state index is 7.30. The zero-order chi connectivity index (χ0) is 53.2. The van der Waals surface area contributed by atoms with Gasteiger partial charge >= 0.3 is 6.85 Å². The van der Waals surface area contributed by atoms with Crippen molar-refractivity contribution in [1.82, 2.24) is 4.48 Å². The van der Waals surface area contributed by atoms with Crippen LogP contribution in [0.2, 0.25) is 0 Å². The fourth-order valence-corrected chi connectivity index (χ4v) is 13.5. The standard InChI is InChI=1S/C72H66BN3O/c1-43-26-38-57(53(40-43)44-20-14-13-15-21-44)75-59-41-47(71(8,9)10)31-37-56(59)73-65-60(75)42-54-50-22-17-19-25-61(50)77-68(54)62(65)52-36-39-58(63-64-67(76(73)66(52)63)51-23-16-18-24-55(51)72(64,11)12)74(48-32-27-45(28-33-48)69(2,3)4)49-34-29-46(30-35-49)70(5,6)7/h13-42H,1-12H3. The molecule has 0 fully saturated rings. The van der Waals surface area contributed by atoms with E-state index in [-0.39, 0.29) is 28.5 Å². The summed E-state index contributed by atoms with van der Waals surface area (Å²) in [5.74, 6) is 0. The third-order valence-corrected chi connectivity index (χ3v) is 17.5. The largest absolute Gasteiger partial charge is 0.455 e. The van der Waals surface area contributed by atoms with Crippen LogP contribution in [0.5, 0.6) is 0 Å². The first kappa shape index (κ1) is 47.4. The zero-order valence-electron chi connectivity index (χ0n) is 46.6. The Kier molecular flexibility index (Phi) is 10.0. The third kappa shape index (κ3) is 6.91. The number of rotatable bonds is 5. The summed E-state index contributed by atoms with van der Waals surface area (Å²) in [6, 6.07) is 69.3.